The Morgan fingerprint density at radius 2 is 1.76 bits per heavy atom. The molecule has 1 unspecified atom stereocenters. The Bertz CT molecular complexity index is 1510. The van der Waals surface area contributed by atoms with Crippen molar-refractivity contribution in [2.75, 3.05) is 11.8 Å². The van der Waals surface area contributed by atoms with Crippen LogP contribution in [-0.2, 0) is 11.0 Å². The number of anilines is 1. The van der Waals surface area contributed by atoms with E-state index in [1.54, 1.807) is 43.8 Å². The van der Waals surface area contributed by atoms with E-state index in [9.17, 15) is 8.60 Å². The van der Waals surface area contributed by atoms with E-state index in [0.29, 0.717) is 22.0 Å². The molecule has 1 N–H and O–H groups in total. The number of nitrogens with one attached hydrogen (secondary N) is 1. The average Bonchev–Trinajstić information content (AvgIpc) is 2.88. The number of fused-ring (bicyclic) bond motifs is 1. The summed E-state index contributed by atoms with van der Waals surface area (Å²) in [5, 5.41) is 0.875. The van der Waals surface area contributed by atoms with Gasteiger partial charge >= 0.3 is 0 Å². The number of hydrogen-bond donors (Lipinski definition) is 1. The first-order valence-electron chi connectivity index (χ1n) is 10.4. The molecule has 0 radical (unpaired) electrons. The molecular formula is C26H19FN4O2S. The van der Waals surface area contributed by atoms with Gasteiger partial charge in [-0.2, -0.15) is 0 Å². The van der Waals surface area contributed by atoms with Gasteiger partial charge in [0.15, 0.2) is 11.0 Å². The van der Waals surface area contributed by atoms with Crippen molar-refractivity contribution in [2.45, 2.75) is 4.90 Å². The second-order valence-corrected chi connectivity index (χ2v) is 8.64. The molecule has 8 heteroatoms. The van der Waals surface area contributed by atoms with Crippen molar-refractivity contribution in [3.05, 3.63) is 97.3 Å². The van der Waals surface area contributed by atoms with E-state index in [-0.39, 0.29) is 5.82 Å². The molecule has 0 saturated carbocycles. The molecule has 2 heterocycles. The molecule has 3 aromatic carbocycles. The highest BCUT2D eigenvalue weighted by Gasteiger charge is 2.14. The second kappa shape index (κ2) is 9.36. The summed E-state index contributed by atoms with van der Waals surface area (Å²) in [6, 6.07) is 21.3. The zero-order valence-electron chi connectivity index (χ0n) is 18.1. The third kappa shape index (κ3) is 4.35. The SMILES string of the molecule is COc1ccc(-c2cccc(F)c2)cc1-c1ccnc2cc(S(=O)Nc3ccncn3)ccc12. The van der Waals surface area contributed by atoms with Crippen LogP contribution in [0.1, 0.15) is 0 Å². The first-order valence-corrected chi connectivity index (χ1v) is 11.5. The molecule has 0 aliphatic carbocycles. The minimum Gasteiger partial charge on any atom is -0.496 e. The second-order valence-electron chi connectivity index (χ2n) is 7.43. The van der Waals surface area contributed by atoms with Gasteiger partial charge in [0.05, 0.1) is 17.5 Å². The van der Waals surface area contributed by atoms with Crippen molar-refractivity contribution in [1.82, 2.24) is 15.0 Å². The number of benzene rings is 3. The van der Waals surface area contributed by atoms with Crippen molar-refractivity contribution >= 4 is 27.7 Å². The van der Waals surface area contributed by atoms with Gasteiger partial charge in [0, 0.05) is 23.3 Å². The quantitative estimate of drug-likeness (QED) is 0.347. The van der Waals surface area contributed by atoms with Crippen LogP contribution < -0.4 is 9.46 Å². The molecule has 0 aliphatic heterocycles. The molecule has 2 aromatic heterocycles. The number of hydrogen-bond acceptors (Lipinski definition) is 5. The number of pyridine rings is 1. The van der Waals surface area contributed by atoms with Gasteiger partial charge in [-0.1, -0.05) is 24.3 Å². The van der Waals surface area contributed by atoms with E-state index < -0.39 is 11.0 Å². The van der Waals surface area contributed by atoms with Crippen LogP contribution in [0.2, 0.25) is 0 Å². The first kappa shape index (κ1) is 21.7. The molecule has 34 heavy (non-hydrogen) atoms. The Hall–Kier alpha value is -4.17. The Morgan fingerprint density at radius 1 is 0.882 bits per heavy atom. The van der Waals surface area contributed by atoms with Crippen LogP contribution in [0.25, 0.3) is 33.2 Å². The van der Waals surface area contributed by atoms with E-state index in [2.05, 4.69) is 19.7 Å². The van der Waals surface area contributed by atoms with E-state index >= 15 is 0 Å². The summed E-state index contributed by atoms with van der Waals surface area (Å²) in [7, 11) is 0.0964. The number of halogens is 1. The smallest absolute Gasteiger partial charge is 0.151 e. The third-order valence-corrected chi connectivity index (χ3v) is 6.43. The lowest BCUT2D eigenvalue weighted by atomic mass is 9.96. The summed E-state index contributed by atoms with van der Waals surface area (Å²) in [6.45, 7) is 0. The van der Waals surface area contributed by atoms with E-state index in [0.717, 1.165) is 27.6 Å². The van der Waals surface area contributed by atoms with Crippen LogP contribution >= 0.6 is 0 Å². The number of aromatic nitrogens is 3. The topological polar surface area (TPSA) is 77.0 Å². The summed E-state index contributed by atoms with van der Waals surface area (Å²) in [4.78, 5) is 13.0. The third-order valence-electron chi connectivity index (χ3n) is 5.36. The first-order chi connectivity index (χ1) is 16.6. The van der Waals surface area contributed by atoms with Crippen LogP contribution in [0.3, 0.4) is 0 Å². The molecular weight excluding hydrogens is 451 g/mol. The molecule has 5 aromatic rings. The molecule has 5 rings (SSSR count). The molecule has 0 bridgehead atoms. The van der Waals surface area contributed by atoms with Gasteiger partial charge in [-0.15, -0.1) is 0 Å². The maximum Gasteiger partial charge on any atom is 0.151 e. The highest BCUT2D eigenvalue weighted by atomic mass is 32.2. The Balaban J connectivity index is 1.56. The van der Waals surface area contributed by atoms with Crippen LogP contribution in [0.4, 0.5) is 10.2 Å². The predicted molar refractivity (Wildman–Crippen MR) is 131 cm³/mol. The summed E-state index contributed by atoms with van der Waals surface area (Å²) in [6.07, 6.45) is 4.67. The highest BCUT2D eigenvalue weighted by Crippen LogP contribution is 2.38. The summed E-state index contributed by atoms with van der Waals surface area (Å²) < 4.78 is 35.1. The Morgan fingerprint density at radius 3 is 2.56 bits per heavy atom. The van der Waals surface area contributed by atoms with E-state index in [4.69, 9.17) is 4.74 Å². The molecule has 0 aliphatic rings. The van der Waals surface area contributed by atoms with Gasteiger partial charge in [-0.3, -0.25) is 9.71 Å². The number of methoxy groups -OCH3 is 1. The fourth-order valence-corrected chi connectivity index (χ4v) is 4.59. The van der Waals surface area contributed by atoms with Gasteiger partial charge < -0.3 is 4.74 Å². The molecule has 6 nitrogen and oxygen atoms in total. The minimum atomic E-state index is -1.52. The van der Waals surface area contributed by atoms with Crippen molar-refractivity contribution < 1.29 is 13.3 Å². The molecule has 0 spiro atoms. The minimum absolute atomic E-state index is 0.291. The zero-order valence-corrected chi connectivity index (χ0v) is 18.9. The van der Waals surface area contributed by atoms with E-state index in [1.165, 1.54) is 18.5 Å². The summed E-state index contributed by atoms with van der Waals surface area (Å²) in [5.41, 5.74) is 4.08. The average molecular weight is 471 g/mol. The molecule has 0 fully saturated rings. The number of nitrogens with zero attached hydrogens (tertiary/aromatic N) is 3. The van der Waals surface area contributed by atoms with Crippen molar-refractivity contribution in [3.63, 3.8) is 0 Å². The number of rotatable bonds is 6. The van der Waals surface area contributed by atoms with Crippen molar-refractivity contribution in [1.29, 1.82) is 0 Å². The molecule has 0 amide bonds. The van der Waals surface area contributed by atoms with Crippen LogP contribution in [0.15, 0.2) is 96.4 Å². The van der Waals surface area contributed by atoms with Crippen molar-refractivity contribution in [3.8, 4) is 28.0 Å². The fraction of sp³-hybridized carbons (Fsp3) is 0.0385. The van der Waals surface area contributed by atoms with Crippen molar-refractivity contribution in [2.24, 2.45) is 0 Å². The Kier molecular flexibility index (Phi) is 5.97. The van der Waals surface area contributed by atoms with Crippen LogP contribution in [0.5, 0.6) is 5.75 Å². The predicted octanol–water partition coefficient (Wildman–Crippen LogP) is 5.64. The summed E-state index contributed by atoms with van der Waals surface area (Å²) >= 11 is 0. The lowest BCUT2D eigenvalue weighted by molar-refractivity contribution is 0.416. The van der Waals surface area contributed by atoms with Gasteiger partial charge in [0.25, 0.3) is 0 Å². The highest BCUT2D eigenvalue weighted by molar-refractivity contribution is 7.86. The van der Waals surface area contributed by atoms with Gasteiger partial charge in [0.2, 0.25) is 0 Å². The number of ether oxygens (including phenoxy) is 1. The molecule has 0 saturated heterocycles. The Labute approximate surface area is 198 Å². The van der Waals surface area contributed by atoms with Gasteiger partial charge in [-0.05, 0) is 65.2 Å². The van der Waals surface area contributed by atoms with Gasteiger partial charge in [-0.25, -0.2) is 18.6 Å². The maximum atomic E-state index is 13.8. The lowest BCUT2D eigenvalue weighted by Gasteiger charge is -2.14. The maximum absolute atomic E-state index is 13.8. The largest absolute Gasteiger partial charge is 0.496 e. The monoisotopic (exact) mass is 470 g/mol. The molecule has 1 atom stereocenters. The standard InChI is InChI=1S/C26H19FN4O2S/c1-33-25-8-5-18(17-3-2-4-19(27)13-17)14-23(25)21-9-12-29-24-15-20(6-7-22(21)24)34(32)31-26-10-11-28-16-30-26/h2-16H,1H3,(H,28,30,31). The van der Waals surface area contributed by atoms with Gasteiger partial charge in [0.1, 0.15) is 23.7 Å². The summed E-state index contributed by atoms with van der Waals surface area (Å²) in [5.74, 6) is 0.861. The van der Waals surface area contributed by atoms with Crippen LogP contribution in [0, 0.1) is 5.82 Å². The fourth-order valence-electron chi connectivity index (χ4n) is 3.75. The normalized spacial score (nSPS) is 11.8. The van der Waals surface area contributed by atoms with E-state index in [1.807, 2.05) is 36.4 Å². The van der Waals surface area contributed by atoms with Crippen LogP contribution in [-0.4, -0.2) is 26.3 Å². The lowest BCUT2D eigenvalue weighted by Crippen LogP contribution is -2.06. The zero-order chi connectivity index (χ0) is 23.5. The molecule has 168 valence electrons.